The van der Waals surface area contributed by atoms with Crippen molar-refractivity contribution in [1.82, 2.24) is 4.90 Å². The molecular formula is C14H22FN3. The molecule has 1 heterocycles. The van der Waals surface area contributed by atoms with Crippen molar-refractivity contribution >= 4 is 11.4 Å². The van der Waals surface area contributed by atoms with Gasteiger partial charge in [0.25, 0.3) is 0 Å². The number of benzene rings is 1. The summed E-state index contributed by atoms with van der Waals surface area (Å²) < 4.78 is 13.4. The van der Waals surface area contributed by atoms with Crippen molar-refractivity contribution in [2.45, 2.75) is 13.8 Å². The number of rotatable bonds is 3. The summed E-state index contributed by atoms with van der Waals surface area (Å²) >= 11 is 0. The fourth-order valence-corrected chi connectivity index (χ4v) is 2.49. The average Bonchev–Trinajstić information content (AvgIpc) is 2.33. The SMILES string of the molecule is CC(C)CN1CCN(c2cccc(F)c2N)CC1. The van der Waals surface area contributed by atoms with Crippen LogP contribution in [0.3, 0.4) is 0 Å². The summed E-state index contributed by atoms with van der Waals surface area (Å²) in [7, 11) is 0. The van der Waals surface area contributed by atoms with E-state index in [1.165, 1.54) is 6.07 Å². The summed E-state index contributed by atoms with van der Waals surface area (Å²) in [6.45, 7) is 9.48. The first-order valence-corrected chi connectivity index (χ1v) is 6.59. The molecule has 1 fully saturated rings. The Labute approximate surface area is 108 Å². The summed E-state index contributed by atoms with van der Waals surface area (Å²) in [5.74, 6) is 0.368. The molecule has 1 aromatic rings. The van der Waals surface area contributed by atoms with E-state index in [9.17, 15) is 4.39 Å². The predicted octanol–water partition coefficient (Wildman–Crippen LogP) is 2.19. The highest BCUT2D eigenvalue weighted by molar-refractivity contribution is 5.68. The minimum absolute atomic E-state index is 0.273. The van der Waals surface area contributed by atoms with E-state index in [1.54, 1.807) is 6.07 Å². The molecule has 100 valence electrons. The van der Waals surface area contributed by atoms with E-state index in [2.05, 4.69) is 23.6 Å². The first-order chi connectivity index (χ1) is 8.58. The Morgan fingerprint density at radius 1 is 1.22 bits per heavy atom. The maximum Gasteiger partial charge on any atom is 0.148 e. The van der Waals surface area contributed by atoms with Crippen LogP contribution >= 0.6 is 0 Å². The number of hydrogen-bond donors (Lipinski definition) is 1. The molecule has 2 rings (SSSR count). The van der Waals surface area contributed by atoms with Crippen LogP contribution in [0.25, 0.3) is 0 Å². The molecule has 1 aliphatic heterocycles. The molecule has 1 aromatic carbocycles. The number of nitrogens with two attached hydrogens (primary N) is 1. The molecule has 0 radical (unpaired) electrons. The number of para-hydroxylation sites is 1. The molecule has 0 spiro atoms. The van der Waals surface area contributed by atoms with Crippen molar-refractivity contribution in [1.29, 1.82) is 0 Å². The third-order valence-corrected chi connectivity index (χ3v) is 3.37. The maximum absolute atomic E-state index is 13.4. The van der Waals surface area contributed by atoms with Crippen molar-refractivity contribution in [3.63, 3.8) is 0 Å². The van der Waals surface area contributed by atoms with E-state index < -0.39 is 0 Å². The lowest BCUT2D eigenvalue weighted by Gasteiger charge is -2.37. The summed E-state index contributed by atoms with van der Waals surface area (Å²) in [4.78, 5) is 4.63. The van der Waals surface area contributed by atoms with Crippen molar-refractivity contribution < 1.29 is 4.39 Å². The highest BCUT2D eigenvalue weighted by Gasteiger charge is 2.19. The Morgan fingerprint density at radius 2 is 1.89 bits per heavy atom. The standard InChI is InChI=1S/C14H22FN3/c1-11(2)10-17-6-8-18(9-7-17)13-5-3-4-12(15)14(13)16/h3-5,11H,6-10,16H2,1-2H3. The van der Waals surface area contributed by atoms with Gasteiger partial charge in [0.1, 0.15) is 5.82 Å². The average molecular weight is 251 g/mol. The fraction of sp³-hybridized carbons (Fsp3) is 0.571. The maximum atomic E-state index is 13.4. The first-order valence-electron chi connectivity index (χ1n) is 6.59. The van der Waals surface area contributed by atoms with Gasteiger partial charge in [0.15, 0.2) is 0 Å². The number of nitrogen functional groups attached to an aromatic ring is 1. The number of halogens is 1. The normalized spacial score (nSPS) is 17.4. The van der Waals surface area contributed by atoms with Crippen LogP contribution < -0.4 is 10.6 Å². The number of piperazine rings is 1. The highest BCUT2D eigenvalue weighted by Crippen LogP contribution is 2.26. The second-order valence-corrected chi connectivity index (χ2v) is 5.35. The van der Waals surface area contributed by atoms with Crippen LogP contribution in [0.15, 0.2) is 18.2 Å². The van der Waals surface area contributed by atoms with Gasteiger partial charge in [-0.15, -0.1) is 0 Å². The molecule has 0 bridgehead atoms. The van der Waals surface area contributed by atoms with Crippen LogP contribution in [0.4, 0.5) is 15.8 Å². The van der Waals surface area contributed by atoms with Crippen LogP contribution in [0.2, 0.25) is 0 Å². The van der Waals surface area contributed by atoms with Gasteiger partial charge in [0.05, 0.1) is 11.4 Å². The number of nitrogens with zero attached hydrogens (tertiary/aromatic N) is 2. The molecule has 1 saturated heterocycles. The zero-order valence-corrected chi connectivity index (χ0v) is 11.2. The van der Waals surface area contributed by atoms with Crippen LogP contribution in [0.5, 0.6) is 0 Å². The summed E-state index contributed by atoms with van der Waals surface area (Å²) in [6, 6.07) is 5.03. The van der Waals surface area contributed by atoms with Crippen LogP contribution in [0.1, 0.15) is 13.8 Å². The third-order valence-electron chi connectivity index (χ3n) is 3.37. The van der Waals surface area contributed by atoms with E-state index in [0.717, 1.165) is 38.4 Å². The number of anilines is 2. The van der Waals surface area contributed by atoms with E-state index in [1.807, 2.05) is 6.07 Å². The van der Waals surface area contributed by atoms with Gasteiger partial charge in [-0.25, -0.2) is 4.39 Å². The van der Waals surface area contributed by atoms with Crippen molar-refractivity contribution in [2.75, 3.05) is 43.4 Å². The Morgan fingerprint density at radius 3 is 2.50 bits per heavy atom. The lowest BCUT2D eigenvalue weighted by Crippen LogP contribution is -2.47. The van der Waals surface area contributed by atoms with Crippen molar-refractivity contribution in [3.05, 3.63) is 24.0 Å². The Bertz CT molecular complexity index is 398. The lowest BCUT2D eigenvalue weighted by atomic mass is 10.1. The van der Waals surface area contributed by atoms with E-state index in [-0.39, 0.29) is 11.5 Å². The molecule has 18 heavy (non-hydrogen) atoms. The molecule has 1 aliphatic rings. The quantitative estimate of drug-likeness (QED) is 0.836. The van der Waals surface area contributed by atoms with Gasteiger partial charge in [-0.2, -0.15) is 0 Å². The zero-order valence-electron chi connectivity index (χ0n) is 11.2. The largest absolute Gasteiger partial charge is 0.395 e. The van der Waals surface area contributed by atoms with Gasteiger partial charge in [-0.1, -0.05) is 19.9 Å². The topological polar surface area (TPSA) is 32.5 Å². The first kappa shape index (κ1) is 13.1. The van der Waals surface area contributed by atoms with Gasteiger partial charge in [0.2, 0.25) is 0 Å². The molecule has 0 atom stereocenters. The van der Waals surface area contributed by atoms with Crippen LogP contribution in [0, 0.1) is 11.7 Å². The Balaban J connectivity index is 1.99. The molecule has 0 aliphatic carbocycles. The molecule has 0 amide bonds. The second kappa shape index (κ2) is 5.57. The minimum atomic E-state index is -0.322. The third kappa shape index (κ3) is 2.93. The highest BCUT2D eigenvalue weighted by atomic mass is 19.1. The Kier molecular flexibility index (Phi) is 4.07. The van der Waals surface area contributed by atoms with Gasteiger partial charge in [-0.05, 0) is 18.1 Å². The number of hydrogen-bond acceptors (Lipinski definition) is 3. The van der Waals surface area contributed by atoms with E-state index in [4.69, 9.17) is 5.73 Å². The van der Waals surface area contributed by atoms with E-state index >= 15 is 0 Å². The molecule has 0 unspecified atom stereocenters. The molecule has 2 N–H and O–H groups in total. The van der Waals surface area contributed by atoms with Gasteiger partial charge < -0.3 is 10.6 Å². The zero-order chi connectivity index (χ0) is 13.1. The molecule has 0 aromatic heterocycles. The van der Waals surface area contributed by atoms with E-state index in [0.29, 0.717) is 5.92 Å². The summed E-state index contributed by atoms with van der Waals surface area (Å²) in [5.41, 5.74) is 6.90. The summed E-state index contributed by atoms with van der Waals surface area (Å²) in [6.07, 6.45) is 0. The van der Waals surface area contributed by atoms with Gasteiger partial charge in [0, 0.05) is 32.7 Å². The predicted molar refractivity (Wildman–Crippen MR) is 74.3 cm³/mol. The minimum Gasteiger partial charge on any atom is -0.395 e. The molecule has 0 saturated carbocycles. The van der Waals surface area contributed by atoms with Crippen LogP contribution in [-0.4, -0.2) is 37.6 Å². The van der Waals surface area contributed by atoms with Crippen LogP contribution in [-0.2, 0) is 0 Å². The smallest absolute Gasteiger partial charge is 0.148 e. The van der Waals surface area contributed by atoms with Crippen molar-refractivity contribution in [2.24, 2.45) is 5.92 Å². The molecule has 4 heteroatoms. The van der Waals surface area contributed by atoms with Crippen molar-refractivity contribution in [3.8, 4) is 0 Å². The Hall–Kier alpha value is -1.29. The monoisotopic (exact) mass is 251 g/mol. The fourth-order valence-electron chi connectivity index (χ4n) is 2.49. The second-order valence-electron chi connectivity index (χ2n) is 5.35. The van der Waals surface area contributed by atoms with Gasteiger partial charge in [-0.3, -0.25) is 4.90 Å². The summed E-state index contributed by atoms with van der Waals surface area (Å²) in [5, 5.41) is 0. The molecular weight excluding hydrogens is 229 g/mol. The van der Waals surface area contributed by atoms with Gasteiger partial charge >= 0.3 is 0 Å². The lowest BCUT2D eigenvalue weighted by molar-refractivity contribution is 0.231. The molecule has 3 nitrogen and oxygen atoms in total.